The van der Waals surface area contributed by atoms with Gasteiger partial charge in [-0.05, 0) is 12.1 Å². The smallest absolute Gasteiger partial charge is 0.137 e. The lowest BCUT2D eigenvalue weighted by atomic mass is 10.2. The molecule has 5 nitrogen and oxygen atoms in total. The van der Waals surface area contributed by atoms with Gasteiger partial charge in [0, 0.05) is 20.1 Å². The third-order valence-electron chi connectivity index (χ3n) is 2.50. The molecule has 0 atom stereocenters. The number of hydrogen-bond donors (Lipinski definition) is 0. The standard InChI is InChI=1S/C15H21NO4/c1-17-9-10-19-12-11-18-7-4-8-20-15-6-3-2-5-14(15)13-16/h2-3,5-6H,4,7-12H2,1H3. The quantitative estimate of drug-likeness (QED) is 0.580. The van der Waals surface area contributed by atoms with Crippen LogP contribution in [0.5, 0.6) is 5.75 Å². The number of nitriles is 1. The van der Waals surface area contributed by atoms with Gasteiger partial charge in [0.1, 0.15) is 11.8 Å². The molecule has 0 N–H and O–H groups in total. The summed E-state index contributed by atoms with van der Waals surface area (Å²) in [5, 5.41) is 8.90. The van der Waals surface area contributed by atoms with Gasteiger partial charge < -0.3 is 18.9 Å². The van der Waals surface area contributed by atoms with E-state index in [2.05, 4.69) is 6.07 Å². The molecule has 0 aromatic heterocycles. The highest BCUT2D eigenvalue weighted by Crippen LogP contribution is 2.16. The van der Waals surface area contributed by atoms with Crippen LogP contribution in [0.3, 0.4) is 0 Å². The van der Waals surface area contributed by atoms with E-state index in [1.165, 1.54) is 0 Å². The maximum absolute atomic E-state index is 8.90. The summed E-state index contributed by atoms with van der Waals surface area (Å²) in [4.78, 5) is 0. The van der Waals surface area contributed by atoms with Crippen molar-refractivity contribution in [3.05, 3.63) is 29.8 Å². The molecule has 0 spiro atoms. The molecule has 0 aliphatic carbocycles. The zero-order valence-corrected chi connectivity index (χ0v) is 11.8. The third kappa shape index (κ3) is 7.10. The Morgan fingerprint density at radius 3 is 2.40 bits per heavy atom. The van der Waals surface area contributed by atoms with E-state index in [-0.39, 0.29) is 0 Å². The number of para-hydroxylation sites is 1. The van der Waals surface area contributed by atoms with E-state index >= 15 is 0 Å². The van der Waals surface area contributed by atoms with Gasteiger partial charge >= 0.3 is 0 Å². The van der Waals surface area contributed by atoms with Gasteiger partial charge in [0.05, 0.1) is 38.6 Å². The minimum atomic E-state index is 0.531. The van der Waals surface area contributed by atoms with Crippen LogP contribution in [0, 0.1) is 11.3 Å². The van der Waals surface area contributed by atoms with Crippen LogP contribution in [-0.2, 0) is 14.2 Å². The van der Waals surface area contributed by atoms with Gasteiger partial charge in [0.15, 0.2) is 0 Å². The lowest BCUT2D eigenvalue weighted by Crippen LogP contribution is -2.10. The van der Waals surface area contributed by atoms with Crippen molar-refractivity contribution in [2.24, 2.45) is 0 Å². The highest BCUT2D eigenvalue weighted by Gasteiger charge is 2.00. The summed E-state index contributed by atoms with van der Waals surface area (Å²) in [6, 6.07) is 9.30. The molecule has 0 saturated heterocycles. The maximum atomic E-state index is 8.90. The van der Waals surface area contributed by atoms with E-state index in [9.17, 15) is 0 Å². The van der Waals surface area contributed by atoms with E-state index in [0.29, 0.717) is 51.0 Å². The van der Waals surface area contributed by atoms with E-state index in [4.69, 9.17) is 24.2 Å². The maximum Gasteiger partial charge on any atom is 0.137 e. The Hall–Kier alpha value is -1.61. The second kappa shape index (κ2) is 11.2. The van der Waals surface area contributed by atoms with Crippen LogP contribution in [-0.4, -0.2) is 46.8 Å². The molecule has 0 bridgehead atoms. The Labute approximate surface area is 120 Å². The molecule has 0 aliphatic heterocycles. The first kappa shape index (κ1) is 16.4. The molecule has 0 fully saturated rings. The summed E-state index contributed by atoms with van der Waals surface area (Å²) in [5.74, 6) is 0.623. The topological polar surface area (TPSA) is 60.7 Å². The predicted molar refractivity (Wildman–Crippen MR) is 74.8 cm³/mol. The number of rotatable bonds is 11. The highest BCUT2D eigenvalue weighted by molar-refractivity contribution is 5.42. The lowest BCUT2D eigenvalue weighted by molar-refractivity contribution is 0.0224. The Bertz CT molecular complexity index is 403. The van der Waals surface area contributed by atoms with Gasteiger partial charge in [0.25, 0.3) is 0 Å². The second-order valence-corrected chi connectivity index (χ2v) is 4.03. The van der Waals surface area contributed by atoms with Crippen molar-refractivity contribution < 1.29 is 18.9 Å². The molecule has 110 valence electrons. The van der Waals surface area contributed by atoms with Crippen LogP contribution in [0.2, 0.25) is 0 Å². The minimum absolute atomic E-state index is 0.531. The summed E-state index contributed by atoms with van der Waals surface area (Å²) in [6.07, 6.45) is 0.776. The molecule has 0 radical (unpaired) electrons. The van der Waals surface area contributed by atoms with E-state index < -0.39 is 0 Å². The Kier molecular flexibility index (Phi) is 9.24. The summed E-state index contributed by atoms with van der Waals surface area (Å²) in [6.45, 7) is 3.48. The number of hydrogen-bond acceptors (Lipinski definition) is 5. The molecule has 0 unspecified atom stereocenters. The number of methoxy groups -OCH3 is 1. The van der Waals surface area contributed by atoms with Crippen molar-refractivity contribution in [3.63, 3.8) is 0 Å². The predicted octanol–water partition coefficient (Wildman–Crippen LogP) is 2.01. The number of ether oxygens (including phenoxy) is 4. The molecule has 0 saturated carbocycles. The fourth-order valence-electron chi connectivity index (χ4n) is 1.49. The van der Waals surface area contributed by atoms with Gasteiger partial charge in [-0.15, -0.1) is 0 Å². The van der Waals surface area contributed by atoms with Crippen molar-refractivity contribution in [2.75, 3.05) is 46.8 Å². The normalized spacial score (nSPS) is 10.2. The largest absolute Gasteiger partial charge is 0.492 e. The molecular formula is C15H21NO4. The van der Waals surface area contributed by atoms with Crippen molar-refractivity contribution >= 4 is 0 Å². The summed E-state index contributed by atoms with van der Waals surface area (Å²) < 4.78 is 21.1. The van der Waals surface area contributed by atoms with Gasteiger partial charge in [-0.1, -0.05) is 12.1 Å². The molecule has 1 aromatic carbocycles. The highest BCUT2D eigenvalue weighted by atomic mass is 16.5. The molecule has 1 aromatic rings. The van der Waals surface area contributed by atoms with Crippen LogP contribution in [0.1, 0.15) is 12.0 Å². The lowest BCUT2D eigenvalue weighted by Gasteiger charge is -2.08. The first-order valence-corrected chi connectivity index (χ1v) is 6.65. The zero-order chi connectivity index (χ0) is 14.5. The van der Waals surface area contributed by atoms with Crippen LogP contribution in [0.25, 0.3) is 0 Å². The van der Waals surface area contributed by atoms with Gasteiger partial charge in [0.2, 0.25) is 0 Å². The van der Waals surface area contributed by atoms with Gasteiger partial charge in [-0.2, -0.15) is 5.26 Å². The third-order valence-corrected chi connectivity index (χ3v) is 2.50. The van der Waals surface area contributed by atoms with Crippen LogP contribution < -0.4 is 4.74 Å². The summed E-state index contributed by atoms with van der Waals surface area (Å²) >= 11 is 0. The van der Waals surface area contributed by atoms with Gasteiger partial charge in [-0.3, -0.25) is 0 Å². The molecule has 0 aliphatic rings. The van der Waals surface area contributed by atoms with E-state index in [0.717, 1.165) is 6.42 Å². The van der Waals surface area contributed by atoms with Crippen molar-refractivity contribution in [2.45, 2.75) is 6.42 Å². The first-order valence-electron chi connectivity index (χ1n) is 6.65. The fraction of sp³-hybridized carbons (Fsp3) is 0.533. The molecule has 20 heavy (non-hydrogen) atoms. The van der Waals surface area contributed by atoms with Crippen molar-refractivity contribution in [3.8, 4) is 11.8 Å². The van der Waals surface area contributed by atoms with Crippen molar-refractivity contribution in [1.29, 1.82) is 5.26 Å². The number of nitrogens with zero attached hydrogens (tertiary/aromatic N) is 1. The van der Waals surface area contributed by atoms with Crippen LogP contribution >= 0.6 is 0 Å². The minimum Gasteiger partial charge on any atom is -0.492 e. The SMILES string of the molecule is COCCOCCOCCCOc1ccccc1C#N. The van der Waals surface area contributed by atoms with Crippen molar-refractivity contribution in [1.82, 2.24) is 0 Å². The first-order chi connectivity index (χ1) is 9.88. The Morgan fingerprint density at radius 1 is 0.950 bits per heavy atom. The monoisotopic (exact) mass is 279 g/mol. The van der Waals surface area contributed by atoms with E-state index in [1.807, 2.05) is 12.1 Å². The van der Waals surface area contributed by atoms with E-state index in [1.54, 1.807) is 19.2 Å². The molecule has 0 heterocycles. The molecule has 1 rings (SSSR count). The zero-order valence-electron chi connectivity index (χ0n) is 11.8. The average molecular weight is 279 g/mol. The molecule has 0 amide bonds. The molecular weight excluding hydrogens is 258 g/mol. The van der Waals surface area contributed by atoms with Crippen LogP contribution in [0.4, 0.5) is 0 Å². The molecule has 5 heteroatoms. The Morgan fingerprint density at radius 2 is 1.65 bits per heavy atom. The average Bonchev–Trinajstić information content (AvgIpc) is 2.49. The van der Waals surface area contributed by atoms with Crippen LogP contribution in [0.15, 0.2) is 24.3 Å². The summed E-state index contributed by atoms with van der Waals surface area (Å²) in [7, 11) is 1.64. The fourth-order valence-corrected chi connectivity index (χ4v) is 1.49. The summed E-state index contributed by atoms with van der Waals surface area (Å²) in [5.41, 5.74) is 0.556. The Balaban J connectivity index is 1.98. The van der Waals surface area contributed by atoms with Gasteiger partial charge in [-0.25, -0.2) is 0 Å². The second-order valence-electron chi connectivity index (χ2n) is 4.03. The number of benzene rings is 1.